The molecule has 0 radical (unpaired) electrons. The van der Waals surface area contributed by atoms with E-state index in [1.54, 1.807) is 7.11 Å². The molecule has 0 unspecified atom stereocenters. The second-order valence-corrected chi connectivity index (χ2v) is 7.71. The van der Waals surface area contributed by atoms with Crippen molar-refractivity contribution in [2.45, 2.75) is 24.2 Å². The SMILES string of the molecule is COCCCNC(=O)C1CCN(S(=O)(=O)c2ccc(F)cc2)CC1. The van der Waals surface area contributed by atoms with E-state index in [4.69, 9.17) is 4.74 Å². The zero-order valence-corrected chi connectivity index (χ0v) is 14.5. The van der Waals surface area contributed by atoms with Gasteiger partial charge in [-0.1, -0.05) is 0 Å². The van der Waals surface area contributed by atoms with Gasteiger partial charge in [0.05, 0.1) is 4.90 Å². The molecule has 8 heteroatoms. The van der Waals surface area contributed by atoms with Crippen LogP contribution >= 0.6 is 0 Å². The number of hydrogen-bond donors (Lipinski definition) is 1. The number of nitrogens with one attached hydrogen (secondary N) is 1. The Bertz CT molecular complexity index is 641. The molecule has 1 N–H and O–H groups in total. The molecule has 1 aliphatic rings. The third-order valence-corrected chi connectivity index (χ3v) is 6.01. The number of methoxy groups -OCH3 is 1. The fourth-order valence-corrected chi connectivity index (χ4v) is 4.16. The van der Waals surface area contributed by atoms with Gasteiger partial charge in [-0.2, -0.15) is 4.31 Å². The average molecular weight is 358 g/mol. The van der Waals surface area contributed by atoms with Crippen molar-refractivity contribution in [3.63, 3.8) is 0 Å². The highest BCUT2D eigenvalue weighted by Crippen LogP contribution is 2.24. The smallest absolute Gasteiger partial charge is 0.243 e. The summed E-state index contributed by atoms with van der Waals surface area (Å²) in [7, 11) is -2.02. The third kappa shape index (κ3) is 4.75. The Labute approximate surface area is 142 Å². The van der Waals surface area contributed by atoms with Crippen LogP contribution in [-0.4, -0.2) is 52.0 Å². The predicted molar refractivity (Wildman–Crippen MR) is 87.4 cm³/mol. The van der Waals surface area contributed by atoms with Gasteiger partial charge >= 0.3 is 0 Å². The summed E-state index contributed by atoms with van der Waals surface area (Å²) in [6.07, 6.45) is 1.72. The van der Waals surface area contributed by atoms with Crippen molar-refractivity contribution >= 4 is 15.9 Å². The van der Waals surface area contributed by atoms with Crippen molar-refractivity contribution in [3.05, 3.63) is 30.1 Å². The first kappa shape index (κ1) is 18.8. The van der Waals surface area contributed by atoms with Crippen LogP contribution < -0.4 is 5.32 Å². The first-order chi connectivity index (χ1) is 11.4. The maximum absolute atomic E-state index is 12.9. The first-order valence-electron chi connectivity index (χ1n) is 7.97. The molecule has 1 fully saturated rings. The second kappa shape index (κ2) is 8.55. The largest absolute Gasteiger partial charge is 0.385 e. The van der Waals surface area contributed by atoms with E-state index in [0.29, 0.717) is 26.0 Å². The molecule has 0 bridgehead atoms. The Hall–Kier alpha value is -1.51. The minimum Gasteiger partial charge on any atom is -0.385 e. The number of halogens is 1. The van der Waals surface area contributed by atoms with Crippen LogP contribution in [0.15, 0.2) is 29.2 Å². The van der Waals surface area contributed by atoms with Gasteiger partial charge in [-0.15, -0.1) is 0 Å². The van der Waals surface area contributed by atoms with Crippen LogP contribution in [-0.2, 0) is 19.6 Å². The molecule has 0 saturated carbocycles. The van der Waals surface area contributed by atoms with Gasteiger partial charge in [0.1, 0.15) is 5.82 Å². The zero-order valence-electron chi connectivity index (χ0n) is 13.7. The lowest BCUT2D eigenvalue weighted by Gasteiger charge is -2.30. The van der Waals surface area contributed by atoms with Gasteiger partial charge in [-0.3, -0.25) is 4.79 Å². The molecule has 0 spiro atoms. The topological polar surface area (TPSA) is 75.7 Å². The lowest BCUT2D eigenvalue weighted by molar-refractivity contribution is -0.126. The summed E-state index contributed by atoms with van der Waals surface area (Å²) >= 11 is 0. The van der Waals surface area contributed by atoms with Gasteiger partial charge in [-0.25, -0.2) is 12.8 Å². The summed E-state index contributed by atoms with van der Waals surface area (Å²) in [6.45, 7) is 1.72. The van der Waals surface area contributed by atoms with Crippen LogP contribution in [0.25, 0.3) is 0 Å². The van der Waals surface area contributed by atoms with Crippen molar-refractivity contribution in [3.8, 4) is 0 Å². The molecule has 0 aromatic heterocycles. The first-order valence-corrected chi connectivity index (χ1v) is 9.41. The van der Waals surface area contributed by atoms with E-state index in [1.807, 2.05) is 0 Å². The average Bonchev–Trinajstić information content (AvgIpc) is 2.59. The number of amides is 1. The lowest BCUT2D eigenvalue weighted by atomic mass is 9.97. The minimum atomic E-state index is -3.63. The van der Waals surface area contributed by atoms with Gasteiger partial charge in [0.2, 0.25) is 15.9 Å². The number of hydrogen-bond acceptors (Lipinski definition) is 4. The van der Waals surface area contributed by atoms with Crippen LogP contribution in [0, 0.1) is 11.7 Å². The molecular weight excluding hydrogens is 335 g/mol. The van der Waals surface area contributed by atoms with E-state index in [-0.39, 0.29) is 29.8 Å². The summed E-state index contributed by atoms with van der Waals surface area (Å²) in [5.41, 5.74) is 0. The number of carbonyl (C=O) groups excluding carboxylic acids is 1. The Balaban J connectivity index is 1.87. The van der Waals surface area contributed by atoms with E-state index < -0.39 is 15.8 Å². The molecule has 6 nitrogen and oxygen atoms in total. The zero-order chi connectivity index (χ0) is 17.6. The second-order valence-electron chi connectivity index (χ2n) is 5.77. The van der Waals surface area contributed by atoms with E-state index in [9.17, 15) is 17.6 Å². The summed E-state index contributed by atoms with van der Waals surface area (Å²) in [5, 5.41) is 2.85. The Kier molecular flexibility index (Phi) is 6.70. The molecule has 0 aliphatic carbocycles. The lowest BCUT2D eigenvalue weighted by Crippen LogP contribution is -2.43. The summed E-state index contributed by atoms with van der Waals surface area (Å²) in [6, 6.07) is 4.79. The number of rotatable bonds is 7. The fourth-order valence-electron chi connectivity index (χ4n) is 2.69. The Morgan fingerprint density at radius 2 is 1.92 bits per heavy atom. The Morgan fingerprint density at radius 1 is 1.29 bits per heavy atom. The van der Waals surface area contributed by atoms with E-state index in [2.05, 4.69) is 5.32 Å². The monoisotopic (exact) mass is 358 g/mol. The van der Waals surface area contributed by atoms with Gasteiger partial charge in [-0.05, 0) is 43.5 Å². The highest BCUT2D eigenvalue weighted by atomic mass is 32.2. The highest BCUT2D eigenvalue weighted by Gasteiger charge is 2.31. The predicted octanol–water partition coefficient (Wildman–Crippen LogP) is 1.38. The summed E-state index contributed by atoms with van der Waals surface area (Å²) in [4.78, 5) is 12.1. The van der Waals surface area contributed by atoms with Crippen LogP contribution in [0.1, 0.15) is 19.3 Å². The number of carbonyl (C=O) groups is 1. The van der Waals surface area contributed by atoms with Gasteiger partial charge < -0.3 is 10.1 Å². The number of benzene rings is 1. The Morgan fingerprint density at radius 3 is 2.50 bits per heavy atom. The third-order valence-electron chi connectivity index (χ3n) is 4.10. The quantitative estimate of drug-likeness (QED) is 0.747. The highest BCUT2D eigenvalue weighted by molar-refractivity contribution is 7.89. The summed E-state index contributed by atoms with van der Waals surface area (Å²) < 4.78 is 44.2. The molecule has 2 rings (SSSR count). The molecule has 0 atom stereocenters. The van der Waals surface area contributed by atoms with Gasteiger partial charge in [0.25, 0.3) is 0 Å². The molecule has 1 aliphatic heterocycles. The van der Waals surface area contributed by atoms with Crippen LogP contribution in [0.3, 0.4) is 0 Å². The van der Waals surface area contributed by atoms with Gasteiger partial charge in [0.15, 0.2) is 0 Å². The molecule has 1 aromatic carbocycles. The molecule has 134 valence electrons. The van der Waals surface area contributed by atoms with Crippen LogP contribution in [0.5, 0.6) is 0 Å². The number of sulfonamides is 1. The standard InChI is InChI=1S/C16H23FN2O4S/c1-23-12-2-9-18-16(20)13-7-10-19(11-8-13)24(21,22)15-5-3-14(17)4-6-15/h3-6,13H,2,7-12H2,1H3,(H,18,20). The fraction of sp³-hybridized carbons (Fsp3) is 0.562. The molecule has 24 heavy (non-hydrogen) atoms. The molecule has 1 aromatic rings. The normalized spacial score (nSPS) is 16.9. The number of ether oxygens (including phenoxy) is 1. The van der Waals surface area contributed by atoms with Crippen molar-refractivity contribution in [2.75, 3.05) is 33.4 Å². The van der Waals surface area contributed by atoms with Gasteiger partial charge in [0, 0.05) is 39.3 Å². The van der Waals surface area contributed by atoms with E-state index in [1.165, 1.54) is 16.4 Å². The molecular formula is C16H23FN2O4S. The van der Waals surface area contributed by atoms with Crippen molar-refractivity contribution in [1.29, 1.82) is 0 Å². The van der Waals surface area contributed by atoms with Crippen molar-refractivity contribution in [1.82, 2.24) is 9.62 Å². The van der Waals surface area contributed by atoms with Crippen LogP contribution in [0.4, 0.5) is 4.39 Å². The molecule has 1 amide bonds. The van der Waals surface area contributed by atoms with Crippen molar-refractivity contribution < 1.29 is 22.3 Å². The molecule has 1 heterocycles. The molecule has 1 saturated heterocycles. The number of nitrogens with zero attached hydrogens (tertiary/aromatic N) is 1. The van der Waals surface area contributed by atoms with E-state index >= 15 is 0 Å². The minimum absolute atomic E-state index is 0.0371. The van der Waals surface area contributed by atoms with Crippen LogP contribution in [0.2, 0.25) is 0 Å². The summed E-state index contributed by atoms with van der Waals surface area (Å²) in [5.74, 6) is -0.685. The maximum Gasteiger partial charge on any atom is 0.243 e. The maximum atomic E-state index is 12.9. The van der Waals surface area contributed by atoms with Crippen molar-refractivity contribution in [2.24, 2.45) is 5.92 Å². The number of piperidine rings is 1. The van der Waals surface area contributed by atoms with E-state index in [0.717, 1.165) is 18.6 Å².